The van der Waals surface area contributed by atoms with Gasteiger partial charge in [0.1, 0.15) is 5.75 Å². The molecule has 0 radical (unpaired) electrons. The summed E-state index contributed by atoms with van der Waals surface area (Å²) in [5.41, 5.74) is 7.91. The molecule has 1 saturated heterocycles. The van der Waals surface area contributed by atoms with Crippen LogP contribution < -0.4 is 10.5 Å². The van der Waals surface area contributed by atoms with Gasteiger partial charge in [-0.2, -0.15) is 0 Å². The Bertz CT molecular complexity index is 692. The molecule has 0 saturated carbocycles. The highest BCUT2D eigenvalue weighted by atomic mass is 16.5. The first-order valence-electron chi connectivity index (χ1n) is 9.95. The fourth-order valence-corrected chi connectivity index (χ4v) is 3.71. The Kier molecular flexibility index (Phi) is 7.28. The van der Waals surface area contributed by atoms with Crippen LogP contribution in [-0.2, 0) is 11.2 Å². The summed E-state index contributed by atoms with van der Waals surface area (Å²) in [6.45, 7) is 3.91. The van der Waals surface area contributed by atoms with Gasteiger partial charge in [0.25, 0.3) is 0 Å². The van der Waals surface area contributed by atoms with Crippen molar-refractivity contribution < 1.29 is 9.53 Å². The summed E-state index contributed by atoms with van der Waals surface area (Å²) in [6.07, 6.45) is 4.66. The number of ether oxygens (including phenoxy) is 1. The van der Waals surface area contributed by atoms with Crippen LogP contribution in [0.4, 0.5) is 0 Å². The third-order valence-electron chi connectivity index (χ3n) is 5.26. The minimum Gasteiger partial charge on any atom is -0.494 e. The minimum absolute atomic E-state index is 0.170. The van der Waals surface area contributed by atoms with Crippen molar-refractivity contribution in [1.82, 2.24) is 4.90 Å². The van der Waals surface area contributed by atoms with Gasteiger partial charge in [-0.25, -0.2) is 0 Å². The van der Waals surface area contributed by atoms with Gasteiger partial charge in [0.05, 0.1) is 6.61 Å². The standard InChI is InChI=1S/C23H30N2O2/c24-23(26)18-21-11-14-25(15-12-21)13-4-16-27-22-9-7-20(8-10-22)17-19-5-2-1-3-6-19/h1-3,5-10,21H,4,11-18H2,(H2,24,26). The zero-order valence-corrected chi connectivity index (χ0v) is 16.0. The summed E-state index contributed by atoms with van der Waals surface area (Å²) in [7, 11) is 0. The van der Waals surface area contributed by atoms with E-state index in [0.717, 1.165) is 57.7 Å². The quantitative estimate of drug-likeness (QED) is 0.690. The van der Waals surface area contributed by atoms with Gasteiger partial charge in [-0.3, -0.25) is 4.79 Å². The van der Waals surface area contributed by atoms with Crippen molar-refractivity contribution in [2.24, 2.45) is 11.7 Å². The van der Waals surface area contributed by atoms with Gasteiger partial charge in [0.2, 0.25) is 5.91 Å². The number of carbonyl (C=O) groups is 1. The van der Waals surface area contributed by atoms with Crippen LogP contribution in [0.5, 0.6) is 5.75 Å². The van der Waals surface area contributed by atoms with E-state index in [1.165, 1.54) is 11.1 Å². The summed E-state index contributed by atoms with van der Waals surface area (Å²) in [5, 5.41) is 0. The molecule has 4 nitrogen and oxygen atoms in total. The molecule has 1 heterocycles. The lowest BCUT2D eigenvalue weighted by Gasteiger charge is -2.31. The van der Waals surface area contributed by atoms with Crippen molar-refractivity contribution in [1.29, 1.82) is 0 Å². The fourth-order valence-electron chi connectivity index (χ4n) is 3.71. The maximum Gasteiger partial charge on any atom is 0.217 e. The molecule has 4 heteroatoms. The molecular formula is C23H30N2O2. The van der Waals surface area contributed by atoms with Gasteiger partial charge < -0.3 is 15.4 Å². The molecule has 2 aromatic carbocycles. The highest BCUT2D eigenvalue weighted by molar-refractivity contribution is 5.73. The third kappa shape index (κ3) is 6.72. The molecule has 0 atom stereocenters. The number of benzene rings is 2. The first-order valence-corrected chi connectivity index (χ1v) is 9.95. The predicted octanol–water partition coefficient (Wildman–Crippen LogP) is 3.63. The third-order valence-corrected chi connectivity index (χ3v) is 5.26. The van der Waals surface area contributed by atoms with Crippen LogP contribution in [0.25, 0.3) is 0 Å². The van der Waals surface area contributed by atoms with Gasteiger partial charge in [0, 0.05) is 13.0 Å². The Labute approximate surface area is 162 Å². The van der Waals surface area contributed by atoms with Crippen LogP contribution in [-0.4, -0.2) is 37.0 Å². The fraction of sp³-hybridized carbons (Fsp3) is 0.435. The zero-order valence-electron chi connectivity index (χ0n) is 16.0. The molecule has 0 bridgehead atoms. The molecular weight excluding hydrogens is 336 g/mol. The summed E-state index contributed by atoms with van der Waals surface area (Å²) in [5.74, 6) is 1.24. The highest BCUT2D eigenvalue weighted by Gasteiger charge is 2.20. The Morgan fingerprint density at radius 3 is 2.33 bits per heavy atom. The largest absolute Gasteiger partial charge is 0.494 e. The maximum atomic E-state index is 11.0. The van der Waals surface area contributed by atoms with Crippen LogP contribution in [0.2, 0.25) is 0 Å². The molecule has 27 heavy (non-hydrogen) atoms. The van der Waals surface area contributed by atoms with Gasteiger partial charge in [0.15, 0.2) is 0 Å². The Balaban J connectivity index is 1.32. The molecule has 0 aliphatic carbocycles. The number of hydrogen-bond donors (Lipinski definition) is 1. The van der Waals surface area contributed by atoms with Crippen molar-refractivity contribution in [2.75, 3.05) is 26.2 Å². The molecule has 0 unspecified atom stereocenters. The number of nitrogens with zero attached hydrogens (tertiary/aromatic N) is 1. The average Bonchev–Trinajstić information content (AvgIpc) is 2.68. The summed E-state index contributed by atoms with van der Waals surface area (Å²) >= 11 is 0. The van der Waals surface area contributed by atoms with Crippen LogP contribution in [0.15, 0.2) is 54.6 Å². The van der Waals surface area contributed by atoms with E-state index in [0.29, 0.717) is 12.3 Å². The second-order valence-electron chi connectivity index (χ2n) is 7.46. The Morgan fingerprint density at radius 1 is 1.00 bits per heavy atom. The molecule has 3 rings (SSSR count). The average molecular weight is 367 g/mol. The number of rotatable bonds is 9. The lowest BCUT2D eigenvalue weighted by atomic mass is 9.93. The van der Waals surface area contributed by atoms with Gasteiger partial charge >= 0.3 is 0 Å². The van der Waals surface area contributed by atoms with E-state index < -0.39 is 0 Å². The molecule has 1 fully saturated rings. The van der Waals surface area contributed by atoms with Crippen molar-refractivity contribution in [3.8, 4) is 5.75 Å². The summed E-state index contributed by atoms with van der Waals surface area (Å²) in [6, 6.07) is 18.9. The van der Waals surface area contributed by atoms with Crippen molar-refractivity contribution in [2.45, 2.75) is 32.1 Å². The van der Waals surface area contributed by atoms with E-state index in [-0.39, 0.29) is 5.91 Å². The molecule has 1 aliphatic rings. The van der Waals surface area contributed by atoms with E-state index in [1.54, 1.807) is 0 Å². The van der Waals surface area contributed by atoms with E-state index in [9.17, 15) is 4.79 Å². The number of nitrogens with two attached hydrogens (primary N) is 1. The van der Waals surface area contributed by atoms with Gasteiger partial charge in [-0.1, -0.05) is 42.5 Å². The number of piperidine rings is 1. The zero-order chi connectivity index (χ0) is 18.9. The van der Waals surface area contributed by atoms with Crippen molar-refractivity contribution in [3.05, 3.63) is 65.7 Å². The first kappa shape index (κ1) is 19.4. The number of hydrogen-bond acceptors (Lipinski definition) is 3. The van der Waals surface area contributed by atoms with E-state index >= 15 is 0 Å². The molecule has 2 N–H and O–H groups in total. The van der Waals surface area contributed by atoms with Crippen molar-refractivity contribution in [3.63, 3.8) is 0 Å². The minimum atomic E-state index is -0.170. The Hall–Kier alpha value is -2.33. The number of amides is 1. The molecule has 0 aromatic heterocycles. The molecule has 1 amide bonds. The lowest BCUT2D eigenvalue weighted by Crippen LogP contribution is -2.36. The van der Waals surface area contributed by atoms with E-state index in [4.69, 9.17) is 10.5 Å². The van der Waals surface area contributed by atoms with Gasteiger partial charge in [-0.15, -0.1) is 0 Å². The van der Waals surface area contributed by atoms with E-state index in [2.05, 4.69) is 53.4 Å². The van der Waals surface area contributed by atoms with Crippen LogP contribution in [0.1, 0.15) is 36.8 Å². The van der Waals surface area contributed by atoms with Gasteiger partial charge in [-0.05, 0) is 68.0 Å². The maximum absolute atomic E-state index is 11.0. The smallest absolute Gasteiger partial charge is 0.217 e. The molecule has 144 valence electrons. The Morgan fingerprint density at radius 2 is 1.67 bits per heavy atom. The monoisotopic (exact) mass is 366 g/mol. The second-order valence-corrected chi connectivity index (χ2v) is 7.46. The first-order chi connectivity index (χ1) is 13.2. The SMILES string of the molecule is NC(=O)CC1CCN(CCCOc2ccc(Cc3ccccc3)cc2)CC1. The highest BCUT2D eigenvalue weighted by Crippen LogP contribution is 2.20. The van der Waals surface area contributed by atoms with Crippen LogP contribution >= 0.6 is 0 Å². The van der Waals surface area contributed by atoms with Crippen molar-refractivity contribution >= 4 is 5.91 Å². The molecule has 1 aliphatic heterocycles. The molecule has 0 spiro atoms. The second kappa shape index (κ2) is 10.1. The van der Waals surface area contributed by atoms with E-state index in [1.807, 2.05) is 6.07 Å². The molecule has 2 aromatic rings. The number of likely N-dealkylation sites (tertiary alicyclic amines) is 1. The predicted molar refractivity (Wildman–Crippen MR) is 109 cm³/mol. The van der Waals surface area contributed by atoms with Crippen LogP contribution in [0.3, 0.4) is 0 Å². The van der Waals surface area contributed by atoms with Crippen LogP contribution in [0, 0.1) is 5.92 Å². The summed E-state index contributed by atoms with van der Waals surface area (Å²) in [4.78, 5) is 13.5. The normalized spacial score (nSPS) is 15.6. The number of carbonyl (C=O) groups excluding carboxylic acids is 1. The number of primary amides is 1. The lowest BCUT2D eigenvalue weighted by molar-refractivity contribution is -0.119. The topological polar surface area (TPSA) is 55.6 Å². The summed E-state index contributed by atoms with van der Waals surface area (Å²) < 4.78 is 5.89.